The van der Waals surface area contributed by atoms with Crippen LogP contribution in [0.1, 0.15) is 18.5 Å². The highest BCUT2D eigenvalue weighted by molar-refractivity contribution is 5.81. The summed E-state index contributed by atoms with van der Waals surface area (Å²) in [5.41, 5.74) is 0.990. The number of hydrogen-bond acceptors (Lipinski definition) is 2. The zero-order chi connectivity index (χ0) is 9.80. The Labute approximate surface area is 84.3 Å². The van der Waals surface area contributed by atoms with Crippen molar-refractivity contribution in [2.24, 2.45) is 0 Å². The van der Waals surface area contributed by atoms with Crippen LogP contribution in [0, 0.1) is 5.41 Å². The maximum atomic E-state index is 7.91. The van der Waals surface area contributed by atoms with Crippen molar-refractivity contribution in [1.29, 1.82) is 5.41 Å². The van der Waals surface area contributed by atoms with Crippen LogP contribution in [0.4, 0.5) is 0 Å². The normalized spacial score (nSPS) is 15.9. The molecule has 0 radical (unpaired) electrons. The second-order valence-electron chi connectivity index (χ2n) is 3.64. The van der Waals surface area contributed by atoms with E-state index in [4.69, 9.17) is 5.41 Å². The third-order valence-corrected chi connectivity index (χ3v) is 2.56. The Bertz CT molecular complexity index is 302. The van der Waals surface area contributed by atoms with Crippen LogP contribution >= 0.6 is 0 Å². The molecule has 0 bridgehead atoms. The maximum Gasteiger partial charge on any atom is 0.102 e. The lowest BCUT2D eigenvalue weighted by Crippen LogP contribution is -2.28. The quantitative estimate of drug-likeness (QED) is 0.568. The topological polar surface area (TPSA) is 40.0 Å². The number of rotatable bonds is 2. The van der Waals surface area contributed by atoms with Crippen LogP contribution in [0.5, 0.6) is 0 Å². The summed E-state index contributed by atoms with van der Waals surface area (Å²) in [4.78, 5) is 6.37. The van der Waals surface area contributed by atoms with Crippen LogP contribution in [-0.4, -0.2) is 28.8 Å². The van der Waals surface area contributed by atoms with Crippen molar-refractivity contribution in [3.05, 3.63) is 30.1 Å². The van der Waals surface area contributed by atoms with Crippen molar-refractivity contribution in [3.63, 3.8) is 0 Å². The molecular weight excluding hydrogens is 174 g/mol. The zero-order valence-electron chi connectivity index (χ0n) is 8.24. The van der Waals surface area contributed by atoms with E-state index in [1.165, 1.54) is 12.8 Å². The van der Waals surface area contributed by atoms with Gasteiger partial charge in [0.15, 0.2) is 0 Å². The van der Waals surface area contributed by atoms with Gasteiger partial charge in [-0.2, -0.15) is 0 Å². The average molecular weight is 189 g/mol. The number of likely N-dealkylation sites (tertiary alicyclic amines) is 1. The molecule has 1 aromatic heterocycles. The van der Waals surface area contributed by atoms with E-state index in [0.717, 1.165) is 18.8 Å². The highest BCUT2D eigenvalue weighted by Gasteiger charge is 2.14. The minimum atomic E-state index is 0.668. The summed E-state index contributed by atoms with van der Waals surface area (Å²) in [6.45, 7) is 2.09. The summed E-state index contributed by atoms with van der Waals surface area (Å²) >= 11 is 0. The SMILES string of the molecule is N=C(Cc1ccccn1)N1CCCC1. The minimum Gasteiger partial charge on any atom is -0.360 e. The Morgan fingerprint density at radius 2 is 2.14 bits per heavy atom. The molecular formula is C11H15N3. The lowest BCUT2D eigenvalue weighted by atomic mass is 10.2. The van der Waals surface area contributed by atoms with E-state index < -0.39 is 0 Å². The first-order chi connectivity index (χ1) is 6.86. The maximum absolute atomic E-state index is 7.91. The van der Waals surface area contributed by atoms with Crippen molar-refractivity contribution in [2.45, 2.75) is 19.3 Å². The second-order valence-corrected chi connectivity index (χ2v) is 3.64. The van der Waals surface area contributed by atoms with Gasteiger partial charge in [0, 0.05) is 31.4 Å². The van der Waals surface area contributed by atoms with Gasteiger partial charge < -0.3 is 4.90 Å². The van der Waals surface area contributed by atoms with Crippen molar-refractivity contribution < 1.29 is 0 Å². The molecule has 14 heavy (non-hydrogen) atoms. The average Bonchev–Trinajstić information content (AvgIpc) is 2.72. The number of amidine groups is 1. The predicted molar refractivity (Wildman–Crippen MR) is 56.5 cm³/mol. The molecule has 2 rings (SSSR count). The third-order valence-electron chi connectivity index (χ3n) is 2.56. The molecule has 2 heterocycles. The molecule has 3 nitrogen and oxygen atoms in total. The largest absolute Gasteiger partial charge is 0.360 e. The minimum absolute atomic E-state index is 0.668. The number of aromatic nitrogens is 1. The van der Waals surface area contributed by atoms with Gasteiger partial charge in [0.05, 0.1) is 0 Å². The van der Waals surface area contributed by atoms with E-state index >= 15 is 0 Å². The fraction of sp³-hybridized carbons (Fsp3) is 0.455. The van der Waals surface area contributed by atoms with Gasteiger partial charge in [0.1, 0.15) is 5.84 Å². The van der Waals surface area contributed by atoms with Gasteiger partial charge >= 0.3 is 0 Å². The fourth-order valence-electron chi connectivity index (χ4n) is 1.77. The molecule has 0 spiro atoms. The summed E-state index contributed by atoms with van der Waals surface area (Å²) in [6.07, 6.45) is 4.91. The molecule has 3 heteroatoms. The van der Waals surface area contributed by atoms with Crippen LogP contribution in [0.25, 0.3) is 0 Å². The number of nitrogens with one attached hydrogen (secondary N) is 1. The molecule has 1 aromatic rings. The molecule has 0 aliphatic carbocycles. The zero-order valence-corrected chi connectivity index (χ0v) is 8.24. The summed E-state index contributed by atoms with van der Waals surface area (Å²) in [7, 11) is 0. The monoisotopic (exact) mass is 189 g/mol. The van der Waals surface area contributed by atoms with Crippen molar-refractivity contribution >= 4 is 5.84 Å². The summed E-state index contributed by atoms with van der Waals surface area (Å²) < 4.78 is 0. The van der Waals surface area contributed by atoms with Gasteiger partial charge in [-0.1, -0.05) is 6.07 Å². The third kappa shape index (κ3) is 2.10. The first-order valence-electron chi connectivity index (χ1n) is 5.08. The van der Waals surface area contributed by atoms with Crippen LogP contribution in [0.2, 0.25) is 0 Å². The van der Waals surface area contributed by atoms with Gasteiger partial charge in [-0.3, -0.25) is 10.4 Å². The lowest BCUT2D eigenvalue weighted by Gasteiger charge is -2.17. The molecule has 1 aliphatic heterocycles. The van der Waals surface area contributed by atoms with Gasteiger partial charge in [-0.05, 0) is 25.0 Å². The van der Waals surface area contributed by atoms with Crippen molar-refractivity contribution in [2.75, 3.05) is 13.1 Å². The molecule has 0 unspecified atom stereocenters. The molecule has 1 fully saturated rings. The summed E-state index contributed by atoms with van der Waals surface area (Å²) in [5.74, 6) is 0.709. The second kappa shape index (κ2) is 4.22. The Balaban J connectivity index is 1.94. The molecule has 1 N–H and O–H groups in total. The smallest absolute Gasteiger partial charge is 0.102 e. The predicted octanol–water partition coefficient (Wildman–Crippen LogP) is 1.70. The van der Waals surface area contributed by atoms with E-state index in [2.05, 4.69) is 9.88 Å². The van der Waals surface area contributed by atoms with Crippen LogP contribution < -0.4 is 0 Å². The molecule has 1 saturated heterocycles. The van der Waals surface area contributed by atoms with Crippen molar-refractivity contribution in [1.82, 2.24) is 9.88 Å². The summed E-state index contributed by atoms with van der Waals surface area (Å²) in [6, 6.07) is 5.85. The van der Waals surface area contributed by atoms with E-state index in [1.54, 1.807) is 6.20 Å². The van der Waals surface area contributed by atoms with Crippen molar-refractivity contribution in [3.8, 4) is 0 Å². The Morgan fingerprint density at radius 3 is 2.79 bits per heavy atom. The van der Waals surface area contributed by atoms with E-state index in [-0.39, 0.29) is 0 Å². The highest BCUT2D eigenvalue weighted by Crippen LogP contribution is 2.09. The Kier molecular flexibility index (Phi) is 2.77. The molecule has 0 amide bonds. The van der Waals surface area contributed by atoms with Gasteiger partial charge in [-0.15, -0.1) is 0 Å². The van der Waals surface area contributed by atoms with E-state index in [1.807, 2.05) is 18.2 Å². The molecule has 74 valence electrons. The molecule has 1 aliphatic rings. The van der Waals surface area contributed by atoms with E-state index in [9.17, 15) is 0 Å². The van der Waals surface area contributed by atoms with Crippen LogP contribution in [0.3, 0.4) is 0 Å². The lowest BCUT2D eigenvalue weighted by molar-refractivity contribution is 0.506. The Hall–Kier alpha value is -1.38. The summed E-state index contributed by atoms with van der Waals surface area (Å²) in [5, 5.41) is 7.91. The van der Waals surface area contributed by atoms with Crippen LogP contribution in [-0.2, 0) is 6.42 Å². The number of nitrogens with zero attached hydrogens (tertiary/aromatic N) is 2. The van der Waals surface area contributed by atoms with Gasteiger partial charge in [0.2, 0.25) is 0 Å². The number of hydrogen-bond donors (Lipinski definition) is 1. The highest BCUT2D eigenvalue weighted by atomic mass is 15.2. The Morgan fingerprint density at radius 1 is 1.36 bits per heavy atom. The van der Waals surface area contributed by atoms with E-state index in [0.29, 0.717) is 12.3 Å². The number of pyridine rings is 1. The molecule has 0 saturated carbocycles. The molecule has 0 aromatic carbocycles. The first kappa shape index (κ1) is 9.19. The molecule has 0 atom stereocenters. The van der Waals surface area contributed by atoms with Gasteiger partial charge in [0.25, 0.3) is 0 Å². The standard InChI is InChI=1S/C11H15N3/c12-11(14-7-3-4-8-14)9-10-5-1-2-6-13-10/h1-2,5-6,12H,3-4,7-9H2. The fourth-order valence-corrected chi connectivity index (χ4v) is 1.77. The van der Waals surface area contributed by atoms with Crippen LogP contribution in [0.15, 0.2) is 24.4 Å². The van der Waals surface area contributed by atoms with Gasteiger partial charge in [-0.25, -0.2) is 0 Å². The first-order valence-corrected chi connectivity index (χ1v) is 5.08.